The van der Waals surface area contributed by atoms with E-state index in [9.17, 15) is 10.1 Å². The number of nitrogens with zero attached hydrogens (tertiary/aromatic N) is 10. The van der Waals surface area contributed by atoms with Crippen molar-refractivity contribution in [3.63, 3.8) is 0 Å². The van der Waals surface area contributed by atoms with E-state index in [0.29, 0.717) is 99.4 Å². The first kappa shape index (κ1) is 81.7. The normalized spacial score (nSPS) is 17.3. The fourth-order valence-electron chi connectivity index (χ4n) is 10.1. The summed E-state index contributed by atoms with van der Waals surface area (Å²) in [4.78, 5) is 29.7. The van der Waals surface area contributed by atoms with Gasteiger partial charge in [-0.25, -0.2) is 0 Å². The van der Waals surface area contributed by atoms with Crippen LogP contribution in [0.5, 0.6) is 0 Å². The molecule has 3 aliphatic rings. The van der Waals surface area contributed by atoms with Gasteiger partial charge in [0.15, 0.2) is 0 Å². The first-order valence-electron chi connectivity index (χ1n) is 25.9. The molecule has 3 aromatic heterocycles. The van der Waals surface area contributed by atoms with Crippen LogP contribution in [0.15, 0.2) is 36.4 Å². The van der Waals surface area contributed by atoms with Gasteiger partial charge >= 0.3 is 204 Å². The summed E-state index contributed by atoms with van der Waals surface area (Å²) in [5.74, 6) is 4.45. The third-order valence-corrected chi connectivity index (χ3v) is 15.7. The second-order valence-corrected chi connectivity index (χ2v) is 195. The summed E-state index contributed by atoms with van der Waals surface area (Å²) in [5, 5.41) is 17.5. The van der Waals surface area contributed by atoms with Crippen LogP contribution in [0.3, 0.4) is 0 Å². The average Bonchev–Trinajstić information content (AvgIpc) is 1.87. The van der Waals surface area contributed by atoms with Gasteiger partial charge in [-0.3, -0.25) is 10.1 Å². The van der Waals surface area contributed by atoms with Gasteiger partial charge in [-0.2, -0.15) is 0 Å². The van der Waals surface area contributed by atoms with Crippen LogP contribution in [0.4, 0.5) is 0 Å². The first-order chi connectivity index (χ1) is 39.6. The Hall–Kier alpha value is 4.76. The summed E-state index contributed by atoms with van der Waals surface area (Å²) in [6.45, 7) is 2.04. The minimum atomic E-state index is -5.42. The summed E-state index contributed by atoms with van der Waals surface area (Å²) >= 11 is 60.9. The predicted octanol–water partition coefficient (Wildman–Crippen LogP) is 23.6. The van der Waals surface area contributed by atoms with Gasteiger partial charge in [-0.15, -0.1) is 28.1 Å². The molecule has 6 heterocycles. The van der Waals surface area contributed by atoms with E-state index in [1.807, 2.05) is 14.0 Å². The summed E-state index contributed by atoms with van der Waals surface area (Å²) in [6.07, 6.45) is 12.0. The van der Waals surface area contributed by atoms with E-state index in [2.05, 4.69) is 14.0 Å². The van der Waals surface area contributed by atoms with Crippen molar-refractivity contribution in [2.75, 3.05) is 0 Å². The number of rotatable bonds is 13. The van der Waals surface area contributed by atoms with Gasteiger partial charge in [0.05, 0.1) is 49.4 Å². The molecule has 0 bridgehead atoms. The summed E-state index contributed by atoms with van der Waals surface area (Å²) in [5.41, 5.74) is 0.0459. The molecule has 498 valence electrons. The van der Waals surface area contributed by atoms with Crippen molar-refractivity contribution in [2.45, 2.75) is 141 Å². The average molecular weight is 2100 g/mol. The number of nitro groups is 1. The summed E-state index contributed by atoms with van der Waals surface area (Å²) < 4.78 is 12.2. The minimum absolute atomic E-state index is 0.103. The Morgan fingerprint density at radius 1 is 0.386 bits per heavy atom. The Morgan fingerprint density at radius 2 is 0.591 bits per heavy atom. The topological polar surface area (TPSA) is 108 Å². The van der Waals surface area contributed by atoms with Crippen LogP contribution in [-0.4, -0.2) is 66.9 Å². The van der Waals surface area contributed by atoms with Crippen LogP contribution in [-0.2, 0) is 58.2 Å². The maximum atomic E-state index is 14.2. The van der Waals surface area contributed by atoms with Crippen LogP contribution < -0.4 is 14.0 Å². The number of aryl methyl sites for hydroxylation is 6. The molecule has 3 aromatic carbocycles. The molecule has 0 amide bonds. The van der Waals surface area contributed by atoms with Crippen LogP contribution in [0.1, 0.15) is 112 Å². The fourth-order valence-corrected chi connectivity index (χ4v) is 13.0. The number of aromatic nitrogens is 9. The van der Waals surface area contributed by atoms with Gasteiger partial charge in [0, 0.05) is 58.5 Å². The van der Waals surface area contributed by atoms with Crippen molar-refractivity contribution in [1.82, 2.24) is 29.0 Å². The molecule has 3 aliphatic heterocycles. The number of fused-ring (bicyclic) bond motifs is 3. The van der Waals surface area contributed by atoms with E-state index in [4.69, 9.17) is 278 Å². The standard InChI is InChI=1S/C46H48Cl9N10O2.18ClH.3Sb/c47-28-22-31(50)43(32(51)23-28)62-40(56-37-10-4-1-7-19-59(37)62)13-16-46(65(66)67,17-14-41-57-38-11-5-2-8-20-60(38)63(41)44-33(52)24-29(48)25-34(44)53)18-15-42-58-39-12-6-3-9-21-61(39)64(42)45-35(54)26-30(49)27-36(45)55;;;;;;;;;;;;;;;;;;;;;/h22-27H,1-21H2;18*1H;;;/q+3;;;;;;;;;;;;;;;;;;;3*+5/p-18. The number of benzene rings is 3. The molecule has 0 radical (unpaired) electrons. The van der Waals surface area contributed by atoms with Crippen molar-refractivity contribution in [3.05, 3.63) is 127 Å². The monoisotopic (exact) mass is 2080 g/mol. The Labute approximate surface area is 612 Å². The van der Waals surface area contributed by atoms with E-state index < -0.39 is 33.0 Å². The third-order valence-electron chi connectivity index (χ3n) is 13.3. The van der Waals surface area contributed by atoms with E-state index in [1.54, 1.807) is 36.4 Å². The molecule has 88 heavy (non-hydrogen) atoms. The molecule has 0 spiro atoms. The summed E-state index contributed by atoms with van der Waals surface area (Å²) in [7, 11) is 74.9. The van der Waals surface area contributed by atoms with E-state index in [-0.39, 0.29) is 43.4 Å². The second-order valence-electron chi connectivity index (χ2n) is 20.6. The van der Waals surface area contributed by atoms with Crippen LogP contribution in [0.2, 0.25) is 45.2 Å². The van der Waals surface area contributed by atoms with Gasteiger partial charge in [0.25, 0.3) is 17.5 Å². The van der Waals surface area contributed by atoms with Gasteiger partial charge < -0.3 is 0 Å². The van der Waals surface area contributed by atoms with Crippen molar-refractivity contribution in [3.8, 4) is 17.1 Å². The molecule has 0 N–H and O–H groups in total. The number of hydrogen-bond donors (Lipinski definition) is 0. The number of hydrogen-bond acceptors (Lipinski definition) is 5. The van der Waals surface area contributed by atoms with Crippen LogP contribution in [0.25, 0.3) is 17.1 Å². The SMILES string of the molecule is O=[N+]([O-])C(CCc1nc2[n+](n1-c1c(Cl)cc(Cl)cc1Cl)CCCCC2)(CCc1nc2[n+](n1-c1c(Cl)cc(Cl)cc1Cl)CCCCC2)CCc1nc2[n+](n1-c1c(Cl)cc(Cl)cc1Cl)CCCCC2.[Cl][Sb-]([Cl])([Cl])([Cl])([Cl])[Cl].[Cl][Sb-]([Cl])([Cl])([Cl])([Cl])[Cl].[Cl][Sb-]([Cl])([Cl])([Cl])([Cl])[Cl]. The van der Waals surface area contributed by atoms with Crippen molar-refractivity contribution in [2.24, 2.45) is 0 Å². The van der Waals surface area contributed by atoms with Gasteiger partial charge in [0.2, 0.25) is 5.54 Å². The van der Waals surface area contributed by atoms with Crippen molar-refractivity contribution in [1.29, 1.82) is 0 Å². The Balaban J connectivity index is 0.000000504. The van der Waals surface area contributed by atoms with E-state index in [0.717, 1.165) is 94.5 Å². The van der Waals surface area contributed by atoms with Gasteiger partial charge in [0.1, 0.15) is 36.7 Å². The zero-order chi connectivity index (χ0) is 66.4. The first-order valence-corrected chi connectivity index (χ1v) is 87.5. The molecule has 42 heteroatoms. The zero-order valence-electron chi connectivity index (χ0n) is 44.6. The van der Waals surface area contributed by atoms with Gasteiger partial charge in [-0.1, -0.05) is 104 Å². The number of halogens is 27. The fraction of sp³-hybridized carbons (Fsp3) is 0.478. The molecule has 0 saturated heterocycles. The Morgan fingerprint density at radius 3 is 0.784 bits per heavy atom. The van der Waals surface area contributed by atoms with E-state index >= 15 is 0 Å². The molecular formula is C46H48Cl27N10O2Sb3. The third kappa shape index (κ3) is 28.3. The predicted molar refractivity (Wildman–Crippen MR) is 386 cm³/mol. The van der Waals surface area contributed by atoms with Crippen molar-refractivity contribution < 1.29 is 19.0 Å². The molecule has 0 unspecified atom stereocenters. The molecule has 12 nitrogen and oxygen atoms in total. The molecular weight excluding hydrogens is 2050 g/mol. The zero-order valence-corrected chi connectivity index (χ0v) is 72.7. The van der Waals surface area contributed by atoms with Crippen LogP contribution >= 0.6 is 263 Å². The van der Waals surface area contributed by atoms with Crippen molar-refractivity contribution >= 4 is 291 Å². The van der Waals surface area contributed by atoms with E-state index in [1.165, 1.54) is 0 Å². The molecule has 0 saturated carbocycles. The van der Waals surface area contributed by atoms with Crippen LogP contribution in [0, 0.1) is 10.1 Å². The Kier molecular flexibility index (Phi) is 27.2. The Bertz CT molecular complexity index is 3150. The molecule has 9 rings (SSSR count). The molecule has 0 aliphatic carbocycles. The molecule has 0 atom stereocenters. The van der Waals surface area contributed by atoms with Gasteiger partial charge in [-0.05, 0) is 109 Å². The summed E-state index contributed by atoms with van der Waals surface area (Å²) in [6, 6.07) is 9.92. The molecule has 0 fully saturated rings. The maximum absolute atomic E-state index is 14.2. The molecule has 6 aromatic rings. The second kappa shape index (κ2) is 29.3. The quantitative estimate of drug-likeness (QED) is 0.0495.